The summed E-state index contributed by atoms with van der Waals surface area (Å²) in [5.74, 6) is 0.338. The Morgan fingerprint density at radius 2 is 2.00 bits per heavy atom. The van der Waals surface area contributed by atoms with Crippen LogP contribution in [0.15, 0.2) is 48.5 Å². The lowest BCUT2D eigenvalue weighted by Crippen LogP contribution is -2.33. The van der Waals surface area contributed by atoms with Crippen LogP contribution in [0.3, 0.4) is 0 Å². The van der Waals surface area contributed by atoms with E-state index in [1.807, 2.05) is 30.3 Å². The summed E-state index contributed by atoms with van der Waals surface area (Å²) in [7, 11) is 0. The molecule has 122 valence electrons. The number of ether oxygens (including phenoxy) is 1. The molecule has 1 aliphatic heterocycles. The van der Waals surface area contributed by atoms with E-state index in [1.165, 1.54) is 0 Å². The number of carbonyl (C=O) groups excluding carboxylic acids is 1. The Labute approximate surface area is 142 Å². The van der Waals surface area contributed by atoms with Crippen LogP contribution < -0.4 is 5.32 Å². The molecule has 1 saturated heterocycles. The van der Waals surface area contributed by atoms with E-state index in [2.05, 4.69) is 11.4 Å². The third-order valence-corrected chi connectivity index (χ3v) is 4.31. The van der Waals surface area contributed by atoms with Gasteiger partial charge in [-0.2, -0.15) is 5.26 Å². The molecule has 0 aromatic heterocycles. The van der Waals surface area contributed by atoms with E-state index in [-0.39, 0.29) is 5.91 Å². The largest absolute Gasteiger partial charge is 0.381 e. The van der Waals surface area contributed by atoms with Gasteiger partial charge in [-0.3, -0.25) is 4.79 Å². The number of amides is 1. The summed E-state index contributed by atoms with van der Waals surface area (Å²) in [6.45, 7) is 2.21. The fourth-order valence-corrected chi connectivity index (χ4v) is 2.94. The van der Waals surface area contributed by atoms with Crippen LogP contribution >= 0.6 is 0 Å². The van der Waals surface area contributed by atoms with E-state index in [0.717, 1.165) is 37.2 Å². The first-order valence-electron chi connectivity index (χ1n) is 8.23. The summed E-state index contributed by atoms with van der Waals surface area (Å²) in [6, 6.07) is 17.0. The van der Waals surface area contributed by atoms with Gasteiger partial charge in [0.25, 0.3) is 5.91 Å². The fraction of sp³-hybridized carbons (Fsp3) is 0.300. The first-order chi connectivity index (χ1) is 11.8. The fourth-order valence-electron chi connectivity index (χ4n) is 2.94. The van der Waals surface area contributed by atoms with Crippen LogP contribution in [0.5, 0.6) is 0 Å². The van der Waals surface area contributed by atoms with Crippen LogP contribution in [0, 0.1) is 17.2 Å². The van der Waals surface area contributed by atoms with E-state index >= 15 is 0 Å². The molecule has 1 heterocycles. The van der Waals surface area contributed by atoms with Gasteiger partial charge in [-0.05, 0) is 48.1 Å². The maximum Gasteiger partial charge on any atom is 0.251 e. The van der Waals surface area contributed by atoms with Gasteiger partial charge in [0.2, 0.25) is 0 Å². The van der Waals surface area contributed by atoms with Crippen molar-refractivity contribution < 1.29 is 9.53 Å². The zero-order valence-electron chi connectivity index (χ0n) is 13.5. The molecule has 0 unspecified atom stereocenters. The molecule has 4 heteroatoms. The van der Waals surface area contributed by atoms with Crippen molar-refractivity contribution >= 4 is 5.91 Å². The summed E-state index contributed by atoms with van der Waals surface area (Å²) in [5.41, 5.74) is 3.08. The number of hydrogen-bond donors (Lipinski definition) is 1. The molecule has 1 N–H and O–H groups in total. The zero-order chi connectivity index (χ0) is 16.8. The van der Waals surface area contributed by atoms with Crippen LogP contribution in [0.2, 0.25) is 0 Å². The van der Waals surface area contributed by atoms with Crippen molar-refractivity contribution in [3.05, 3.63) is 59.7 Å². The second-order valence-corrected chi connectivity index (χ2v) is 6.03. The normalized spacial score (nSPS) is 17.0. The standard InChI is InChI=1S/C20H20N2O2/c21-12-18-5-1-2-6-19(18)16-7-9-17(10-8-16)20(23)22-13-15-4-3-11-24-14-15/h1-2,5-10,15H,3-4,11,13-14H2,(H,22,23)/t15-/m0/s1. The number of carbonyl (C=O) groups is 1. The molecule has 1 atom stereocenters. The van der Waals surface area contributed by atoms with E-state index in [9.17, 15) is 10.1 Å². The maximum atomic E-state index is 12.3. The summed E-state index contributed by atoms with van der Waals surface area (Å²) >= 11 is 0. The van der Waals surface area contributed by atoms with Gasteiger partial charge in [0.15, 0.2) is 0 Å². The van der Waals surface area contributed by atoms with Crippen molar-refractivity contribution in [1.29, 1.82) is 5.26 Å². The summed E-state index contributed by atoms with van der Waals surface area (Å²) < 4.78 is 5.43. The minimum absolute atomic E-state index is 0.0688. The quantitative estimate of drug-likeness (QED) is 0.939. The van der Waals surface area contributed by atoms with Crippen LogP contribution in [0.4, 0.5) is 0 Å². The monoisotopic (exact) mass is 320 g/mol. The molecule has 0 saturated carbocycles. The Balaban J connectivity index is 1.65. The Bertz CT molecular complexity index is 741. The van der Waals surface area contributed by atoms with Gasteiger partial charge in [-0.25, -0.2) is 0 Å². The third-order valence-electron chi connectivity index (χ3n) is 4.31. The first-order valence-corrected chi connectivity index (χ1v) is 8.23. The lowest BCUT2D eigenvalue weighted by Gasteiger charge is -2.22. The maximum absolute atomic E-state index is 12.3. The van der Waals surface area contributed by atoms with Gasteiger partial charge in [0, 0.05) is 18.7 Å². The predicted molar refractivity (Wildman–Crippen MR) is 92.5 cm³/mol. The molecule has 0 bridgehead atoms. The van der Waals surface area contributed by atoms with Crippen LogP contribution in [-0.2, 0) is 4.74 Å². The number of hydrogen-bond acceptors (Lipinski definition) is 3. The number of nitrogens with zero attached hydrogens (tertiary/aromatic N) is 1. The molecule has 1 fully saturated rings. The average Bonchev–Trinajstić information content (AvgIpc) is 2.67. The molecule has 3 rings (SSSR count). The number of nitriles is 1. The molecule has 1 amide bonds. The molecular weight excluding hydrogens is 300 g/mol. The second kappa shape index (κ2) is 7.76. The number of benzene rings is 2. The van der Waals surface area contributed by atoms with Gasteiger partial charge >= 0.3 is 0 Å². The van der Waals surface area contributed by atoms with E-state index < -0.39 is 0 Å². The highest BCUT2D eigenvalue weighted by Crippen LogP contribution is 2.23. The smallest absolute Gasteiger partial charge is 0.251 e. The summed E-state index contributed by atoms with van der Waals surface area (Å²) in [6.07, 6.45) is 2.16. The molecule has 24 heavy (non-hydrogen) atoms. The zero-order valence-corrected chi connectivity index (χ0v) is 13.5. The molecule has 2 aromatic carbocycles. The SMILES string of the molecule is N#Cc1ccccc1-c1ccc(C(=O)NC[C@@H]2CCCOC2)cc1. The topological polar surface area (TPSA) is 62.1 Å². The lowest BCUT2D eigenvalue weighted by atomic mass is 9.99. The van der Waals surface area contributed by atoms with E-state index in [1.54, 1.807) is 18.2 Å². The summed E-state index contributed by atoms with van der Waals surface area (Å²) in [4.78, 5) is 12.3. The molecule has 4 nitrogen and oxygen atoms in total. The number of nitrogens with one attached hydrogen (secondary N) is 1. The van der Waals surface area contributed by atoms with Crippen LogP contribution in [-0.4, -0.2) is 25.7 Å². The highest BCUT2D eigenvalue weighted by atomic mass is 16.5. The number of rotatable bonds is 4. The van der Waals surface area contributed by atoms with Gasteiger partial charge in [0.1, 0.15) is 0 Å². The molecule has 1 aliphatic rings. The van der Waals surface area contributed by atoms with Gasteiger partial charge < -0.3 is 10.1 Å². The van der Waals surface area contributed by atoms with Crippen molar-refractivity contribution in [2.45, 2.75) is 12.8 Å². The van der Waals surface area contributed by atoms with Crippen LogP contribution in [0.25, 0.3) is 11.1 Å². The third kappa shape index (κ3) is 3.81. The molecule has 0 aliphatic carbocycles. The minimum atomic E-state index is -0.0688. The second-order valence-electron chi connectivity index (χ2n) is 6.03. The highest BCUT2D eigenvalue weighted by molar-refractivity contribution is 5.94. The Morgan fingerprint density at radius 1 is 1.21 bits per heavy atom. The highest BCUT2D eigenvalue weighted by Gasteiger charge is 2.15. The van der Waals surface area contributed by atoms with Crippen LogP contribution in [0.1, 0.15) is 28.8 Å². The van der Waals surface area contributed by atoms with E-state index in [4.69, 9.17) is 4.74 Å². The van der Waals surface area contributed by atoms with Gasteiger partial charge in [-0.15, -0.1) is 0 Å². The first kappa shape index (κ1) is 16.2. The van der Waals surface area contributed by atoms with Crippen molar-refractivity contribution in [3.63, 3.8) is 0 Å². The lowest BCUT2D eigenvalue weighted by molar-refractivity contribution is 0.0536. The molecule has 0 radical (unpaired) electrons. The Kier molecular flexibility index (Phi) is 5.25. The van der Waals surface area contributed by atoms with Crippen molar-refractivity contribution in [1.82, 2.24) is 5.32 Å². The van der Waals surface area contributed by atoms with E-state index in [0.29, 0.717) is 23.6 Å². The van der Waals surface area contributed by atoms with Gasteiger partial charge in [-0.1, -0.05) is 30.3 Å². The van der Waals surface area contributed by atoms with Crippen molar-refractivity contribution in [2.24, 2.45) is 5.92 Å². The Morgan fingerprint density at radius 3 is 2.71 bits per heavy atom. The molecule has 0 spiro atoms. The average molecular weight is 320 g/mol. The van der Waals surface area contributed by atoms with Gasteiger partial charge in [0.05, 0.1) is 18.2 Å². The summed E-state index contributed by atoms with van der Waals surface area (Å²) in [5, 5.41) is 12.2. The minimum Gasteiger partial charge on any atom is -0.381 e. The molecule has 2 aromatic rings. The van der Waals surface area contributed by atoms with Crippen molar-refractivity contribution in [3.8, 4) is 17.2 Å². The van der Waals surface area contributed by atoms with Crippen molar-refractivity contribution in [2.75, 3.05) is 19.8 Å². The molecular formula is C20H20N2O2. The Hall–Kier alpha value is -2.64. The predicted octanol–water partition coefficient (Wildman–Crippen LogP) is 3.38.